The summed E-state index contributed by atoms with van der Waals surface area (Å²) < 4.78 is 25.7. The fraction of sp³-hybridized carbons (Fsp3) is 0.125. The van der Waals surface area contributed by atoms with Crippen LogP contribution in [0.15, 0.2) is 12.1 Å². The van der Waals surface area contributed by atoms with E-state index in [0.717, 1.165) is 6.07 Å². The Balaban J connectivity index is 2.64. The molecule has 1 aliphatic heterocycles. The number of amides is 1. The molecular weight excluding hydrogens is 178 g/mol. The van der Waals surface area contributed by atoms with Crippen molar-refractivity contribution in [2.75, 3.05) is 5.32 Å². The number of rotatable bonds is 0. The SMILES string of the molecule is NC1C(=O)Nc2cc(F)cc(F)c21. The lowest BCUT2D eigenvalue weighted by atomic mass is 10.1. The predicted octanol–water partition coefficient (Wildman–Crippen LogP) is 0.917. The number of nitrogens with two attached hydrogens (primary N) is 1. The highest BCUT2D eigenvalue weighted by Gasteiger charge is 2.30. The van der Waals surface area contributed by atoms with Crippen molar-refractivity contribution < 1.29 is 13.6 Å². The molecule has 0 aliphatic carbocycles. The Morgan fingerprint density at radius 2 is 2.08 bits per heavy atom. The van der Waals surface area contributed by atoms with Crippen molar-refractivity contribution in [2.45, 2.75) is 6.04 Å². The Hall–Kier alpha value is -1.49. The lowest BCUT2D eigenvalue weighted by Crippen LogP contribution is -2.20. The third kappa shape index (κ3) is 1.08. The zero-order valence-electron chi connectivity index (χ0n) is 6.47. The van der Waals surface area contributed by atoms with Crippen molar-refractivity contribution in [1.29, 1.82) is 0 Å². The third-order valence-electron chi connectivity index (χ3n) is 1.95. The molecule has 1 amide bonds. The highest BCUT2D eigenvalue weighted by atomic mass is 19.1. The Morgan fingerprint density at radius 1 is 1.38 bits per heavy atom. The molecule has 1 aromatic rings. The summed E-state index contributed by atoms with van der Waals surface area (Å²) in [7, 11) is 0. The number of anilines is 1. The van der Waals surface area contributed by atoms with Crippen molar-refractivity contribution in [2.24, 2.45) is 5.73 Å². The molecule has 1 unspecified atom stereocenters. The van der Waals surface area contributed by atoms with E-state index in [2.05, 4.69) is 5.32 Å². The van der Waals surface area contributed by atoms with E-state index in [9.17, 15) is 13.6 Å². The zero-order valence-corrected chi connectivity index (χ0v) is 6.47. The molecule has 0 saturated heterocycles. The Bertz CT molecular complexity index is 392. The monoisotopic (exact) mass is 184 g/mol. The Kier molecular flexibility index (Phi) is 1.56. The van der Waals surface area contributed by atoms with Crippen LogP contribution in [0.1, 0.15) is 11.6 Å². The summed E-state index contributed by atoms with van der Waals surface area (Å²) >= 11 is 0. The zero-order chi connectivity index (χ0) is 9.59. The first-order valence-corrected chi connectivity index (χ1v) is 3.65. The molecule has 1 heterocycles. The average Bonchev–Trinajstić information content (AvgIpc) is 2.27. The van der Waals surface area contributed by atoms with Crippen LogP contribution in [0.2, 0.25) is 0 Å². The number of halogens is 2. The van der Waals surface area contributed by atoms with Gasteiger partial charge in [-0.3, -0.25) is 4.79 Å². The fourth-order valence-electron chi connectivity index (χ4n) is 1.35. The number of fused-ring (bicyclic) bond motifs is 1. The summed E-state index contributed by atoms with van der Waals surface area (Å²) in [5, 5.41) is 2.28. The van der Waals surface area contributed by atoms with Crippen LogP contribution in [-0.2, 0) is 4.79 Å². The van der Waals surface area contributed by atoms with E-state index < -0.39 is 23.6 Å². The van der Waals surface area contributed by atoms with Gasteiger partial charge < -0.3 is 11.1 Å². The van der Waals surface area contributed by atoms with Gasteiger partial charge in [-0.2, -0.15) is 0 Å². The van der Waals surface area contributed by atoms with Crippen LogP contribution in [0.25, 0.3) is 0 Å². The fourth-order valence-corrected chi connectivity index (χ4v) is 1.35. The van der Waals surface area contributed by atoms with Gasteiger partial charge >= 0.3 is 0 Å². The minimum absolute atomic E-state index is 0.0337. The smallest absolute Gasteiger partial charge is 0.246 e. The molecular formula is C8H6F2N2O. The molecule has 1 atom stereocenters. The topological polar surface area (TPSA) is 55.1 Å². The summed E-state index contributed by atoms with van der Waals surface area (Å²) in [4.78, 5) is 11.0. The van der Waals surface area contributed by atoms with E-state index in [4.69, 9.17) is 5.73 Å². The van der Waals surface area contributed by atoms with Gasteiger partial charge in [-0.15, -0.1) is 0 Å². The first-order chi connectivity index (χ1) is 6.09. The van der Waals surface area contributed by atoms with Crippen molar-refractivity contribution in [3.63, 3.8) is 0 Å². The van der Waals surface area contributed by atoms with E-state index in [0.29, 0.717) is 6.07 Å². The Morgan fingerprint density at radius 3 is 2.77 bits per heavy atom. The van der Waals surface area contributed by atoms with Crippen LogP contribution >= 0.6 is 0 Å². The summed E-state index contributed by atoms with van der Waals surface area (Å²) in [6.45, 7) is 0. The van der Waals surface area contributed by atoms with Gasteiger partial charge in [0.1, 0.15) is 17.7 Å². The van der Waals surface area contributed by atoms with Gasteiger partial charge in [-0.25, -0.2) is 8.78 Å². The van der Waals surface area contributed by atoms with E-state index in [1.807, 2.05) is 0 Å². The summed E-state index contributed by atoms with van der Waals surface area (Å²) in [6, 6.07) is 0.720. The second-order valence-electron chi connectivity index (χ2n) is 2.82. The predicted molar refractivity (Wildman–Crippen MR) is 41.9 cm³/mol. The standard InChI is InChI=1S/C8H6F2N2O/c9-3-1-4(10)6-5(2-3)12-8(13)7(6)11/h1-2,7H,11H2,(H,12,13). The van der Waals surface area contributed by atoms with Crippen molar-refractivity contribution in [3.8, 4) is 0 Å². The van der Waals surface area contributed by atoms with E-state index in [1.165, 1.54) is 0 Å². The largest absolute Gasteiger partial charge is 0.324 e. The van der Waals surface area contributed by atoms with Gasteiger partial charge in [0.15, 0.2) is 0 Å². The number of nitrogens with one attached hydrogen (secondary N) is 1. The third-order valence-corrected chi connectivity index (χ3v) is 1.95. The molecule has 5 heteroatoms. The average molecular weight is 184 g/mol. The molecule has 3 nitrogen and oxygen atoms in total. The van der Waals surface area contributed by atoms with E-state index in [-0.39, 0.29) is 11.3 Å². The lowest BCUT2D eigenvalue weighted by Gasteiger charge is -2.02. The van der Waals surface area contributed by atoms with Crippen molar-refractivity contribution in [1.82, 2.24) is 0 Å². The van der Waals surface area contributed by atoms with E-state index >= 15 is 0 Å². The lowest BCUT2D eigenvalue weighted by molar-refractivity contribution is -0.116. The molecule has 1 aliphatic rings. The quantitative estimate of drug-likeness (QED) is 0.629. The summed E-state index contributed by atoms with van der Waals surface area (Å²) in [5.74, 6) is -2.04. The van der Waals surface area contributed by atoms with Gasteiger partial charge in [-0.05, 0) is 6.07 Å². The number of carbonyl (C=O) groups is 1. The summed E-state index contributed by atoms with van der Waals surface area (Å²) in [5.41, 5.74) is 5.52. The van der Waals surface area contributed by atoms with Crippen LogP contribution in [0.5, 0.6) is 0 Å². The maximum Gasteiger partial charge on any atom is 0.246 e. The van der Waals surface area contributed by atoms with Crippen molar-refractivity contribution >= 4 is 11.6 Å². The minimum atomic E-state index is -1.03. The Labute approximate surface area is 72.5 Å². The number of hydrogen-bond acceptors (Lipinski definition) is 2. The second-order valence-corrected chi connectivity index (χ2v) is 2.82. The molecule has 0 radical (unpaired) electrons. The first-order valence-electron chi connectivity index (χ1n) is 3.65. The molecule has 0 saturated carbocycles. The first kappa shape index (κ1) is 8.12. The van der Waals surface area contributed by atoms with Gasteiger partial charge in [0.05, 0.1) is 5.69 Å². The molecule has 68 valence electrons. The van der Waals surface area contributed by atoms with Gasteiger partial charge in [0.2, 0.25) is 5.91 Å². The maximum absolute atomic E-state index is 13.1. The highest BCUT2D eigenvalue weighted by molar-refractivity contribution is 6.02. The van der Waals surface area contributed by atoms with Crippen LogP contribution < -0.4 is 11.1 Å². The van der Waals surface area contributed by atoms with E-state index in [1.54, 1.807) is 0 Å². The number of hydrogen-bond donors (Lipinski definition) is 2. The van der Waals surface area contributed by atoms with Crippen molar-refractivity contribution in [3.05, 3.63) is 29.3 Å². The molecule has 0 aromatic heterocycles. The summed E-state index contributed by atoms with van der Waals surface area (Å²) in [6.07, 6.45) is 0. The maximum atomic E-state index is 13.1. The molecule has 1 aromatic carbocycles. The van der Waals surface area contributed by atoms with Crippen LogP contribution in [0.3, 0.4) is 0 Å². The van der Waals surface area contributed by atoms with Gasteiger partial charge in [0, 0.05) is 11.6 Å². The molecule has 0 fully saturated rings. The molecule has 3 N–H and O–H groups in total. The minimum Gasteiger partial charge on any atom is -0.324 e. The second kappa shape index (κ2) is 2.50. The number of benzene rings is 1. The molecule has 0 spiro atoms. The normalized spacial score (nSPS) is 19.9. The van der Waals surface area contributed by atoms with Crippen LogP contribution in [0.4, 0.5) is 14.5 Å². The molecule has 2 rings (SSSR count). The molecule has 13 heavy (non-hydrogen) atoms. The van der Waals surface area contributed by atoms with Gasteiger partial charge in [0.25, 0.3) is 0 Å². The number of carbonyl (C=O) groups excluding carboxylic acids is 1. The molecule has 0 bridgehead atoms. The van der Waals surface area contributed by atoms with Crippen LogP contribution in [0, 0.1) is 11.6 Å². The van der Waals surface area contributed by atoms with Gasteiger partial charge in [-0.1, -0.05) is 0 Å². The highest BCUT2D eigenvalue weighted by Crippen LogP contribution is 2.31. The van der Waals surface area contributed by atoms with Crippen LogP contribution in [-0.4, -0.2) is 5.91 Å².